The highest BCUT2D eigenvalue weighted by Gasteiger charge is 2.25. The molecular weight excluding hydrogens is 635 g/mol. The SMILES string of the molecule is CN1CN(c2cccc(-n3c4ccccc4c4ccc(-c5nc6ccc(-c7ccc8c(c7)Cc7ccccc7-8)cc6n5C)cc43)c2)c2ccccc21. The largest absolute Gasteiger partial charge is 0.355 e. The molecule has 0 spiro atoms. The van der Waals surface area contributed by atoms with E-state index >= 15 is 0 Å². The molecule has 0 radical (unpaired) electrons. The van der Waals surface area contributed by atoms with Gasteiger partial charge in [-0.2, -0.15) is 0 Å². The van der Waals surface area contributed by atoms with Crippen LogP contribution in [0, 0.1) is 0 Å². The van der Waals surface area contributed by atoms with Gasteiger partial charge in [-0.1, -0.05) is 97.1 Å². The molecule has 5 heteroatoms. The Morgan fingerprint density at radius 2 is 1.21 bits per heavy atom. The number of aryl methyl sites for hydroxylation is 1. The first kappa shape index (κ1) is 29.2. The molecule has 0 atom stereocenters. The lowest BCUT2D eigenvalue weighted by atomic mass is 9.99. The number of imidazole rings is 1. The van der Waals surface area contributed by atoms with Crippen LogP contribution in [0.1, 0.15) is 11.1 Å². The minimum absolute atomic E-state index is 0.815. The van der Waals surface area contributed by atoms with Crippen molar-refractivity contribution in [3.8, 4) is 39.3 Å². The maximum absolute atomic E-state index is 5.20. The second kappa shape index (κ2) is 11.0. The van der Waals surface area contributed by atoms with Crippen molar-refractivity contribution in [2.45, 2.75) is 6.42 Å². The number of anilines is 3. The minimum Gasteiger partial charge on any atom is -0.355 e. The summed E-state index contributed by atoms with van der Waals surface area (Å²) in [6, 6.07) is 55.5. The van der Waals surface area contributed by atoms with Crippen molar-refractivity contribution in [2.75, 3.05) is 23.5 Å². The van der Waals surface area contributed by atoms with Gasteiger partial charge in [0.15, 0.2) is 0 Å². The van der Waals surface area contributed by atoms with Gasteiger partial charge in [0.05, 0.1) is 40.1 Å². The van der Waals surface area contributed by atoms with E-state index in [2.05, 4.69) is 185 Å². The van der Waals surface area contributed by atoms with Crippen LogP contribution >= 0.6 is 0 Å². The summed E-state index contributed by atoms with van der Waals surface area (Å²) in [6.07, 6.45) is 0.991. The monoisotopic (exact) mass is 669 g/mol. The molecule has 0 amide bonds. The molecule has 2 aromatic heterocycles. The van der Waals surface area contributed by atoms with E-state index in [1.165, 1.54) is 72.2 Å². The number of benzene rings is 7. The summed E-state index contributed by atoms with van der Waals surface area (Å²) in [5.41, 5.74) is 18.4. The summed E-state index contributed by atoms with van der Waals surface area (Å²) >= 11 is 0. The molecule has 5 nitrogen and oxygen atoms in total. The van der Waals surface area contributed by atoms with E-state index in [1.54, 1.807) is 0 Å². The first-order valence-corrected chi connectivity index (χ1v) is 18.0. The molecule has 0 saturated carbocycles. The maximum atomic E-state index is 5.20. The highest BCUT2D eigenvalue weighted by atomic mass is 15.4. The summed E-state index contributed by atoms with van der Waals surface area (Å²) in [6.45, 7) is 0.815. The molecule has 1 aliphatic carbocycles. The van der Waals surface area contributed by atoms with Crippen LogP contribution in [0.4, 0.5) is 17.1 Å². The Bertz CT molecular complexity index is 2910. The van der Waals surface area contributed by atoms with Gasteiger partial charge < -0.3 is 18.9 Å². The zero-order valence-corrected chi connectivity index (χ0v) is 29.1. The zero-order chi connectivity index (χ0) is 34.5. The fourth-order valence-corrected chi connectivity index (χ4v) is 8.74. The maximum Gasteiger partial charge on any atom is 0.140 e. The summed E-state index contributed by atoms with van der Waals surface area (Å²) in [7, 11) is 4.30. The number of hydrogen-bond donors (Lipinski definition) is 0. The molecule has 0 N–H and O–H groups in total. The highest BCUT2D eigenvalue weighted by molar-refractivity contribution is 6.10. The van der Waals surface area contributed by atoms with E-state index < -0.39 is 0 Å². The van der Waals surface area contributed by atoms with Crippen molar-refractivity contribution in [1.82, 2.24) is 14.1 Å². The van der Waals surface area contributed by atoms with Crippen molar-refractivity contribution in [1.29, 1.82) is 0 Å². The van der Waals surface area contributed by atoms with E-state index in [4.69, 9.17) is 4.98 Å². The predicted octanol–water partition coefficient (Wildman–Crippen LogP) is 11.1. The molecule has 11 rings (SSSR count). The average Bonchev–Trinajstić information content (AvgIpc) is 3.93. The van der Waals surface area contributed by atoms with Crippen LogP contribution in [0.15, 0.2) is 152 Å². The molecule has 2 aliphatic rings. The Hall–Kier alpha value is -6.59. The van der Waals surface area contributed by atoms with Gasteiger partial charge in [-0.05, 0) is 94.4 Å². The van der Waals surface area contributed by atoms with Gasteiger partial charge >= 0.3 is 0 Å². The molecule has 3 heterocycles. The second-order valence-corrected chi connectivity index (χ2v) is 14.3. The molecule has 9 aromatic rings. The summed E-state index contributed by atoms with van der Waals surface area (Å²) < 4.78 is 4.66. The number of aromatic nitrogens is 3. The van der Waals surface area contributed by atoms with Gasteiger partial charge in [-0.15, -0.1) is 0 Å². The molecule has 248 valence electrons. The fourth-order valence-electron chi connectivity index (χ4n) is 8.74. The third-order valence-electron chi connectivity index (χ3n) is 11.3. The smallest absolute Gasteiger partial charge is 0.140 e. The van der Waals surface area contributed by atoms with Gasteiger partial charge in [-0.3, -0.25) is 0 Å². The molecular formula is C47H35N5. The Morgan fingerprint density at radius 3 is 2.15 bits per heavy atom. The van der Waals surface area contributed by atoms with E-state index in [0.717, 1.165) is 41.2 Å². The van der Waals surface area contributed by atoms with Crippen LogP contribution < -0.4 is 9.80 Å². The second-order valence-electron chi connectivity index (χ2n) is 14.3. The normalized spacial score (nSPS) is 13.3. The lowest BCUT2D eigenvalue weighted by Crippen LogP contribution is -2.24. The van der Waals surface area contributed by atoms with Crippen LogP contribution in [0.25, 0.3) is 72.2 Å². The Labute approximate surface area is 302 Å². The minimum atomic E-state index is 0.815. The van der Waals surface area contributed by atoms with Crippen LogP contribution in [0.3, 0.4) is 0 Å². The molecule has 52 heavy (non-hydrogen) atoms. The van der Waals surface area contributed by atoms with Crippen molar-refractivity contribution >= 4 is 49.9 Å². The zero-order valence-electron chi connectivity index (χ0n) is 29.1. The Balaban J connectivity index is 1.01. The van der Waals surface area contributed by atoms with Crippen molar-refractivity contribution in [2.24, 2.45) is 7.05 Å². The van der Waals surface area contributed by atoms with E-state index in [9.17, 15) is 0 Å². The fraction of sp³-hybridized carbons (Fsp3) is 0.0851. The topological polar surface area (TPSA) is 29.2 Å². The van der Waals surface area contributed by atoms with Gasteiger partial charge in [0.2, 0.25) is 0 Å². The van der Waals surface area contributed by atoms with Gasteiger partial charge in [0.1, 0.15) is 5.82 Å². The van der Waals surface area contributed by atoms with Crippen LogP contribution in [0.5, 0.6) is 0 Å². The van der Waals surface area contributed by atoms with Crippen molar-refractivity contribution < 1.29 is 0 Å². The number of para-hydroxylation sites is 3. The number of nitrogens with zero attached hydrogens (tertiary/aromatic N) is 5. The standard InChI is InChI=1S/C47H35N5/c1-49-29-51(44-17-8-7-16-43(44)49)35-11-9-12-36(28-35)52-42-15-6-5-14-39(42)40-22-19-33(27-45(40)52)47-48-41-23-20-31(26-46(41)50(47)2)30-18-21-38-34(24-30)25-32-10-3-4-13-37(32)38/h3-24,26-28H,25,29H2,1-2H3. The van der Waals surface area contributed by atoms with Gasteiger partial charge in [-0.25, -0.2) is 4.98 Å². The molecule has 0 fully saturated rings. The van der Waals surface area contributed by atoms with Crippen LogP contribution in [-0.4, -0.2) is 27.8 Å². The lowest BCUT2D eigenvalue weighted by molar-refractivity contribution is 0.948. The van der Waals surface area contributed by atoms with Crippen molar-refractivity contribution in [3.05, 3.63) is 163 Å². The lowest BCUT2D eigenvalue weighted by Gasteiger charge is -2.21. The van der Waals surface area contributed by atoms with Crippen molar-refractivity contribution in [3.63, 3.8) is 0 Å². The first-order valence-electron chi connectivity index (χ1n) is 18.0. The predicted molar refractivity (Wildman–Crippen MR) is 216 cm³/mol. The summed E-state index contributed by atoms with van der Waals surface area (Å²) in [5.74, 6) is 0.959. The number of hydrogen-bond acceptors (Lipinski definition) is 3. The third kappa shape index (κ3) is 4.26. The molecule has 7 aromatic carbocycles. The van der Waals surface area contributed by atoms with Gasteiger partial charge in [0, 0.05) is 41.8 Å². The third-order valence-corrected chi connectivity index (χ3v) is 11.3. The first-order chi connectivity index (χ1) is 25.6. The van der Waals surface area contributed by atoms with Crippen LogP contribution in [-0.2, 0) is 13.5 Å². The molecule has 0 bridgehead atoms. The average molecular weight is 670 g/mol. The highest BCUT2D eigenvalue weighted by Crippen LogP contribution is 2.42. The Kier molecular flexibility index (Phi) is 6.14. The molecule has 0 saturated heterocycles. The Morgan fingerprint density at radius 1 is 0.500 bits per heavy atom. The van der Waals surface area contributed by atoms with E-state index in [0.29, 0.717) is 0 Å². The van der Waals surface area contributed by atoms with Crippen LogP contribution in [0.2, 0.25) is 0 Å². The quantitative estimate of drug-likeness (QED) is 0.187. The molecule has 1 aliphatic heterocycles. The van der Waals surface area contributed by atoms with E-state index in [1.807, 2.05) is 0 Å². The van der Waals surface area contributed by atoms with Gasteiger partial charge in [0.25, 0.3) is 0 Å². The summed E-state index contributed by atoms with van der Waals surface area (Å²) in [4.78, 5) is 9.90. The number of fused-ring (bicyclic) bond motifs is 8. The number of rotatable bonds is 4. The summed E-state index contributed by atoms with van der Waals surface area (Å²) in [5, 5.41) is 2.48. The molecule has 0 unspecified atom stereocenters. The van der Waals surface area contributed by atoms with E-state index in [-0.39, 0.29) is 0 Å².